The second-order valence-corrected chi connectivity index (χ2v) is 8.03. The van der Waals surface area contributed by atoms with Crippen LogP contribution in [0.2, 0.25) is 0 Å². The standard InChI is InChI=1S/C21H28O5S.K/c1-2-3-4-5-6-7-9-12-17-15-19(26-18-13-10-8-11-14-18)16-20(22)21(17)27(23,24)25;/h8,10-11,13-16,22H,2-7,9,12H2,1H3,(H,23,24,25);/q;+1/p-1. The molecule has 2 rings (SSSR count). The predicted molar refractivity (Wildman–Crippen MR) is 104 cm³/mol. The third kappa shape index (κ3) is 8.53. The quantitative estimate of drug-likeness (QED) is 0.335. The van der Waals surface area contributed by atoms with Crippen LogP contribution in [0.25, 0.3) is 0 Å². The summed E-state index contributed by atoms with van der Waals surface area (Å²) < 4.78 is 38.5. The molecule has 0 radical (unpaired) electrons. The average Bonchev–Trinajstić information content (AvgIpc) is 2.60. The Labute approximate surface area is 210 Å². The molecule has 0 heterocycles. The Kier molecular flexibility index (Phi) is 11.9. The van der Waals surface area contributed by atoms with Crippen LogP contribution in [-0.2, 0) is 16.5 Å². The molecule has 0 saturated carbocycles. The molecule has 28 heavy (non-hydrogen) atoms. The maximum Gasteiger partial charge on any atom is 1.00 e. The van der Waals surface area contributed by atoms with E-state index in [0.717, 1.165) is 31.7 Å². The number of para-hydroxylation sites is 1. The van der Waals surface area contributed by atoms with Gasteiger partial charge >= 0.3 is 51.4 Å². The van der Waals surface area contributed by atoms with Crippen molar-refractivity contribution in [1.82, 2.24) is 0 Å². The van der Waals surface area contributed by atoms with Crippen molar-refractivity contribution in [3.05, 3.63) is 48.0 Å². The Morgan fingerprint density at radius 1 is 0.929 bits per heavy atom. The van der Waals surface area contributed by atoms with Crippen LogP contribution in [0, 0.1) is 0 Å². The molecule has 0 spiro atoms. The Morgan fingerprint density at radius 2 is 1.54 bits per heavy atom. The number of unbranched alkanes of at least 4 members (excludes halogenated alkanes) is 6. The van der Waals surface area contributed by atoms with Crippen LogP contribution in [0.5, 0.6) is 17.2 Å². The molecule has 0 aliphatic carbocycles. The summed E-state index contributed by atoms with van der Waals surface area (Å²) in [5.74, 6) is 0.0822. The van der Waals surface area contributed by atoms with Gasteiger partial charge in [0, 0.05) is 0 Å². The third-order valence-electron chi connectivity index (χ3n) is 4.39. The largest absolute Gasteiger partial charge is 1.00 e. The van der Waals surface area contributed by atoms with E-state index in [4.69, 9.17) is 4.74 Å². The molecule has 1 N–H and O–H groups in total. The van der Waals surface area contributed by atoms with Crippen molar-refractivity contribution < 1.29 is 74.2 Å². The Hall–Kier alpha value is -0.414. The smallest absolute Gasteiger partial charge is 0.871 e. The van der Waals surface area contributed by atoms with Gasteiger partial charge in [-0.25, -0.2) is 0 Å². The van der Waals surface area contributed by atoms with Gasteiger partial charge in [-0.2, -0.15) is 8.42 Å². The first-order chi connectivity index (χ1) is 12.9. The summed E-state index contributed by atoms with van der Waals surface area (Å²) in [5.41, 5.74) is 0.310. The molecule has 0 atom stereocenters. The van der Waals surface area contributed by atoms with Gasteiger partial charge < -0.3 is 9.84 Å². The SMILES string of the molecule is CCCCCCCCCc1cc(Oc2ccccc2)cc([O-])c1S(=O)(=O)O.[K+]. The first kappa shape index (κ1) is 25.6. The molecule has 7 heteroatoms. The molecular formula is C21H27KO5S. The van der Waals surface area contributed by atoms with Crippen LogP contribution in [0.3, 0.4) is 0 Å². The Bertz CT molecular complexity index is 822. The van der Waals surface area contributed by atoms with Gasteiger partial charge in [0.05, 0.1) is 4.90 Å². The van der Waals surface area contributed by atoms with E-state index < -0.39 is 20.8 Å². The van der Waals surface area contributed by atoms with E-state index in [1.165, 1.54) is 25.3 Å². The molecule has 0 bridgehead atoms. The van der Waals surface area contributed by atoms with Gasteiger partial charge in [-0.3, -0.25) is 4.55 Å². The van der Waals surface area contributed by atoms with Crippen molar-refractivity contribution in [2.75, 3.05) is 0 Å². The van der Waals surface area contributed by atoms with Crippen molar-refractivity contribution in [2.24, 2.45) is 0 Å². The van der Waals surface area contributed by atoms with E-state index in [2.05, 4.69) is 6.92 Å². The predicted octanol–water partition coefficient (Wildman–Crippen LogP) is 2.10. The van der Waals surface area contributed by atoms with Crippen molar-refractivity contribution >= 4 is 10.1 Å². The summed E-state index contributed by atoms with van der Waals surface area (Å²) in [4.78, 5) is -0.533. The number of aryl methyl sites for hydroxylation is 1. The summed E-state index contributed by atoms with van der Waals surface area (Å²) >= 11 is 0. The van der Waals surface area contributed by atoms with Crippen LogP contribution in [0.4, 0.5) is 0 Å². The Morgan fingerprint density at radius 3 is 2.14 bits per heavy atom. The molecule has 2 aromatic carbocycles. The second kappa shape index (κ2) is 13.0. The number of rotatable bonds is 11. The van der Waals surface area contributed by atoms with E-state index in [1.54, 1.807) is 24.3 Å². The summed E-state index contributed by atoms with van der Waals surface area (Å²) in [5, 5.41) is 12.3. The molecular weight excluding hydrogens is 403 g/mol. The normalized spacial score (nSPS) is 11.1. The van der Waals surface area contributed by atoms with E-state index in [1.807, 2.05) is 6.07 Å². The Balaban J connectivity index is 0.00000392. The molecule has 5 nitrogen and oxygen atoms in total. The molecule has 0 aromatic heterocycles. The van der Waals surface area contributed by atoms with Crippen molar-refractivity contribution in [2.45, 2.75) is 63.2 Å². The van der Waals surface area contributed by atoms with Crippen LogP contribution in [0.15, 0.2) is 47.4 Å². The minimum atomic E-state index is -4.58. The van der Waals surface area contributed by atoms with Crippen LogP contribution in [-0.4, -0.2) is 13.0 Å². The summed E-state index contributed by atoms with van der Waals surface area (Å²) in [6.07, 6.45) is 7.97. The summed E-state index contributed by atoms with van der Waals surface area (Å²) in [6, 6.07) is 11.6. The third-order valence-corrected chi connectivity index (χ3v) is 5.37. The molecule has 148 valence electrons. The number of hydrogen-bond acceptors (Lipinski definition) is 4. The van der Waals surface area contributed by atoms with Gasteiger partial charge in [-0.05, 0) is 42.7 Å². The molecule has 0 unspecified atom stereocenters. The minimum Gasteiger partial charge on any atom is -0.871 e. The summed E-state index contributed by atoms with van der Waals surface area (Å²) in [7, 11) is -4.58. The van der Waals surface area contributed by atoms with Crippen LogP contribution < -0.4 is 61.2 Å². The zero-order valence-electron chi connectivity index (χ0n) is 16.7. The first-order valence-corrected chi connectivity index (χ1v) is 10.9. The molecule has 0 saturated heterocycles. The zero-order valence-corrected chi connectivity index (χ0v) is 20.6. The number of benzene rings is 2. The average molecular weight is 431 g/mol. The zero-order chi connectivity index (χ0) is 19.7. The fourth-order valence-corrected chi connectivity index (χ4v) is 3.87. The summed E-state index contributed by atoms with van der Waals surface area (Å²) in [6.45, 7) is 2.17. The van der Waals surface area contributed by atoms with E-state index in [9.17, 15) is 18.1 Å². The number of ether oxygens (including phenoxy) is 1. The van der Waals surface area contributed by atoms with Gasteiger partial charge in [0.1, 0.15) is 11.5 Å². The van der Waals surface area contributed by atoms with Crippen molar-refractivity contribution in [1.29, 1.82) is 0 Å². The van der Waals surface area contributed by atoms with Gasteiger partial charge in [-0.15, -0.1) is 0 Å². The van der Waals surface area contributed by atoms with Crippen molar-refractivity contribution in [3.8, 4) is 17.2 Å². The fraction of sp³-hybridized carbons (Fsp3) is 0.429. The van der Waals surface area contributed by atoms with Crippen molar-refractivity contribution in [3.63, 3.8) is 0 Å². The molecule has 0 fully saturated rings. The first-order valence-electron chi connectivity index (χ1n) is 9.46. The monoisotopic (exact) mass is 430 g/mol. The van der Waals surface area contributed by atoms with E-state index in [0.29, 0.717) is 17.7 Å². The second-order valence-electron chi connectivity index (χ2n) is 6.67. The number of hydrogen-bond donors (Lipinski definition) is 1. The molecule has 2 aromatic rings. The van der Waals surface area contributed by atoms with Crippen LogP contribution in [0.1, 0.15) is 57.4 Å². The van der Waals surface area contributed by atoms with Crippen LogP contribution >= 0.6 is 0 Å². The van der Waals surface area contributed by atoms with Gasteiger partial charge in [-0.1, -0.05) is 69.4 Å². The van der Waals surface area contributed by atoms with Gasteiger partial charge in [0.15, 0.2) is 0 Å². The maximum atomic E-state index is 12.3. The fourth-order valence-electron chi connectivity index (χ4n) is 3.07. The molecule has 0 aliphatic heterocycles. The molecule has 0 amide bonds. The molecule has 0 aliphatic rings. The maximum absolute atomic E-state index is 12.3. The van der Waals surface area contributed by atoms with Gasteiger partial charge in [0.2, 0.25) is 0 Å². The van der Waals surface area contributed by atoms with Gasteiger partial charge in [0.25, 0.3) is 10.1 Å². The van der Waals surface area contributed by atoms with E-state index >= 15 is 0 Å². The van der Waals surface area contributed by atoms with E-state index in [-0.39, 0.29) is 57.1 Å². The topological polar surface area (TPSA) is 86.7 Å². The minimum absolute atomic E-state index is 0.